The minimum Gasteiger partial charge on any atom is -0.288 e. The van der Waals surface area contributed by atoms with E-state index in [1.807, 2.05) is 24.3 Å². The van der Waals surface area contributed by atoms with E-state index >= 15 is 0 Å². The van der Waals surface area contributed by atoms with Crippen LogP contribution in [0.15, 0.2) is 60.7 Å². The van der Waals surface area contributed by atoms with Crippen molar-refractivity contribution in [2.24, 2.45) is 0 Å². The summed E-state index contributed by atoms with van der Waals surface area (Å²) >= 11 is 1.27. The number of pyridine rings is 1. The van der Waals surface area contributed by atoms with Gasteiger partial charge in [-0.1, -0.05) is 36.4 Å². The number of carbonyl (C=O) groups excluding carboxylic acids is 2. The molecular formula is C24H17N2O2S+. The number of aromatic nitrogens is 2. The SMILES string of the molecule is CC[n+]1c(/C=C/c2nc3c(s2)C(=O)c2ccccc2C3=O)ccc2ccccc21. The normalized spacial score (nSPS) is 13.1. The van der Waals surface area contributed by atoms with Crippen molar-refractivity contribution in [1.29, 1.82) is 0 Å². The summed E-state index contributed by atoms with van der Waals surface area (Å²) in [5, 5.41) is 1.84. The number of para-hydroxylation sites is 1. The molecule has 29 heavy (non-hydrogen) atoms. The Bertz CT molecular complexity index is 1280. The lowest BCUT2D eigenvalue weighted by Gasteiger charge is -2.11. The van der Waals surface area contributed by atoms with Crippen molar-refractivity contribution in [3.63, 3.8) is 0 Å². The van der Waals surface area contributed by atoms with E-state index in [0.29, 0.717) is 21.0 Å². The lowest BCUT2D eigenvalue weighted by Crippen LogP contribution is -2.36. The Balaban J connectivity index is 1.55. The number of fused-ring (bicyclic) bond motifs is 3. The molecule has 0 atom stereocenters. The third-order valence-corrected chi connectivity index (χ3v) is 6.19. The minimum absolute atomic E-state index is 0.123. The van der Waals surface area contributed by atoms with Gasteiger partial charge in [0.1, 0.15) is 22.1 Å². The molecule has 0 aliphatic heterocycles. The Morgan fingerprint density at radius 3 is 2.41 bits per heavy atom. The fraction of sp³-hybridized carbons (Fsp3) is 0.0833. The Labute approximate surface area is 171 Å². The number of carbonyl (C=O) groups is 2. The average molecular weight is 397 g/mol. The average Bonchev–Trinajstić information content (AvgIpc) is 3.20. The maximum Gasteiger partial charge on any atom is 0.213 e. The highest BCUT2D eigenvalue weighted by atomic mass is 32.1. The zero-order chi connectivity index (χ0) is 20.0. The van der Waals surface area contributed by atoms with Crippen LogP contribution in [-0.2, 0) is 6.54 Å². The molecule has 2 heterocycles. The first-order valence-electron chi connectivity index (χ1n) is 9.46. The number of nitrogens with zero attached hydrogens (tertiary/aromatic N) is 2. The molecule has 0 saturated heterocycles. The molecule has 0 spiro atoms. The van der Waals surface area contributed by atoms with Gasteiger partial charge in [0.15, 0.2) is 0 Å². The zero-order valence-electron chi connectivity index (χ0n) is 15.8. The second kappa shape index (κ2) is 6.87. The van der Waals surface area contributed by atoms with Crippen LogP contribution in [0.2, 0.25) is 0 Å². The van der Waals surface area contributed by atoms with E-state index in [0.717, 1.165) is 17.8 Å². The van der Waals surface area contributed by atoms with E-state index in [1.165, 1.54) is 16.7 Å². The molecule has 0 N–H and O–H groups in total. The predicted molar refractivity (Wildman–Crippen MR) is 114 cm³/mol. The predicted octanol–water partition coefficient (Wildman–Crippen LogP) is 4.55. The second-order valence-corrected chi connectivity index (χ2v) is 7.86. The summed E-state index contributed by atoms with van der Waals surface area (Å²) in [6, 6.07) is 19.4. The van der Waals surface area contributed by atoms with Gasteiger partial charge in [-0.2, -0.15) is 4.57 Å². The number of benzene rings is 2. The summed E-state index contributed by atoms with van der Waals surface area (Å²) in [5.41, 5.74) is 3.36. The van der Waals surface area contributed by atoms with Crippen LogP contribution in [0.25, 0.3) is 23.1 Å². The number of thiazole rings is 1. The largest absolute Gasteiger partial charge is 0.288 e. The van der Waals surface area contributed by atoms with Crippen molar-refractivity contribution >= 4 is 46.0 Å². The van der Waals surface area contributed by atoms with Crippen molar-refractivity contribution in [2.75, 3.05) is 0 Å². The highest BCUT2D eigenvalue weighted by molar-refractivity contribution is 7.15. The molecule has 140 valence electrons. The summed E-state index contributed by atoms with van der Waals surface area (Å²) in [6.45, 7) is 2.95. The van der Waals surface area contributed by atoms with E-state index in [-0.39, 0.29) is 17.3 Å². The molecule has 1 aliphatic rings. The minimum atomic E-state index is -0.180. The first kappa shape index (κ1) is 17.6. The quantitative estimate of drug-likeness (QED) is 0.420. The molecule has 1 aliphatic carbocycles. The summed E-state index contributed by atoms with van der Waals surface area (Å²) in [6.07, 6.45) is 3.87. The van der Waals surface area contributed by atoms with Crippen LogP contribution in [0.4, 0.5) is 0 Å². The van der Waals surface area contributed by atoms with Gasteiger partial charge in [-0.25, -0.2) is 4.98 Å². The molecule has 5 rings (SSSR count). The van der Waals surface area contributed by atoms with Gasteiger partial charge in [0.25, 0.3) is 0 Å². The van der Waals surface area contributed by atoms with Gasteiger partial charge in [-0.05, 0) is 25.1 Å². The first-order chi connectivity index (χ1) is 14.2. The molecule has 0 radical (unpaired) electrons. The van der Waals surface area contributed by atoms with Crippen LogP contribution < -0.4 is 4.57 Å². The van der Waals surface area contributed by atoms with Crippen molar-refractivity contribution in [3.05, 3.63) is 93.1 Å². The van der Waals surface area contributed by atoms with Crippen molar-refractivity contribution in [1.82, 2.24) is 4.98 Å². The van der Waals surface area contributed by atoms with Gasteiger partial charge in [0, 0.05) is 34.7 Å². The van der Waals surface area contributed by atoms with Gasteiger partial charge >= 0.3 is 0 Å². The Morgan fingerprint density at radius 1 is 0.897 bits per heavy atom. The van der Waals surface area contributed by atoms with Gasteiger partial charge in [0.05, 0.1) is 0 Å². The Hall–Kier alpha value is -3.44. The molecule has 2 aromatic heterocycles. The van der Waals surface area contributed by atoms with Crippen LogP contribution in [-0.4, -0.2) is 16.6 Å². The zero-order valence-corrected chi connectivity index (χ0v) is 16.6. The van der Waals surface area contributed by atoms with E-state index in [1.54, 1.807) is 24.3 Å². The van der Waals surface area contributed by atoms with Gasteiger partial charge in [-0.15, -0.1) is 11.3 Å². The van der Waals surface area contributed by atoms with Crippen molar-refractivity contribution in [2.45, 2.75) is 13.5 Å². The monoisotopic (exact) mass is 397 g/mol. The second-order valence-electron chi connectivity index (χ2n) is 6.83. The molecule has 0 unspecified atom stereocenters. The third-order valence-electron chi connectivity index (χ3n) is 5.17. The summed E-state index contributed by atoms with van der Waals surface area (Å²) in [7, 11) is 0. The molecule has 4 nitrogen and oxygen atoms in total. The third kappa shape index (κ3) is 2.82. The number of hydrogen-bond donors (Lipinski definition) is 0. The van der Waals surface area contributed by atoms with Crippen LogP contribution >= 0.6 is 11.3 Å². The van der Waals surface area contributed by atoms with E-state index in [2.05, 4.69) is 40.7 Å². The Kier molecular flexibility index (Phi) is 4.18. The fourth-order valence-electron chi connectivity index (χ4n) is 3.78. The van der Waals surface area contributed by atoms with E-state index < -0.39 is 0 Å². The number of ketones is 2. The smallest absolute Gasteiger partial charge is 0.213 e. The van der Waals surface area contributed by atoms with Gasteiger partial charge < -0.3 is 0 Å². The standard InChI is InChI=1S/C24H17N2O2S/c1-2-26-16(12-11-15-7-3-6-10-19(15)26)13-14-20-25-21-22(27)17-8-4-5-9-18(17)23(28)24(21)29-20/h3-14H,2H2,1H3/q+1/b14-13+. The molecule has 0 bridgehead atoms. The highest BCUT2D eigenvalue weighted by Crippen LogP contribution is 2.31. The lowest BCUT2D eigenvalue weighted by molar-refractivity contribution is -0.669. The number of rotatable bonds is 3. The molecular weight excluding hydrogens is 380 g/mol. The first-order valence-corrected chi connectivity index (χ1v) is 10.3. The molecule has 0 amide bonds. The number of aryl methyl sites for hydroxylation is 1. The van der Waals surface area contributed by atoms with Gasteiger partial charge in [0.2, 0.25) is 22.8 Å². The van der Waals surface area contributed by atoms with E-state index in [9.17, 15) is 9.59 Å². The molecule has 0 fully saturated rings. The topological polar surface area (TPSA) is 50.9 Å². The van der Waals surface area contributed by atoms with Gasteiger partial charge in [-0.3, -0.25) is 9.59 Å². The maximum atomic E-state index is 12.8. The van der Waals surface area contributed by atoms with Crippen molar-refractivity contribution < 1.29 is 14.2 Å². The lowest BCUT2D eigenvalue weighted by atomic mass is 9.91. The van der Waals surface area contributed by atoms with Crippen molar-refractivity contribution in [3.8, 4) is 0 Å². The van der Waals surface area contributed by atoms with Crippen LogP contribution in [0, 0.1) is 0 Å². The summed E-state index contributed by atoms with van der Waals surface area (Å²) in [5.74, 6) is -0.304. The van der Waals surface area contributed by atoms with Crippen LogP contribution in [0.1, 0.15) is 48.9 Å². The highest BCUT2D eigenvalue weighted by Gasteiger charge is 2.32. The molecule has 2 aromatic carbocycles. The summed E-state index contributed by atoms with van der Waals surface area (Å²) < 4.78 is 2.23. The number of hydrogen-bond acceptors (Lipinski definition) is 4. The summed E-state index contributed by atoms with van der Waals surface area (Å²) in [4.78, 5) is 30.4. The molecule has 4 aromatic rings. The molecule has 5 heteroatoms. The van der Waals surface area contributed by atoms with E-state index in [4.69, 9.17) is 0 Å². The van der Waals surface area contributed by atoms with Crippen LogP contribution in [0.5, 0.6) is 0 Å². The Morgan fingerprint density at radius 2 is 1.62 bits per heavy atom. The molecule has 0 saturated carbocycles. The maximum absolute atomic E-state index is 12.8. The fourth-order valence-corrected chi connectivity index (χ4v) is 4.70. The van der Waals surface area contributed by atoms with Crippen LogP contribution in [0.3, 0.4) is 0 Å².